The third kappa shape index (κ3) is 2.82. The Morgan fingerprint density at radius 2 is 2.28 bits per heavy atom. The molecule has 0 radical (unpaired) electrons. The van der Waals surface area contributed by atoms with Gasteiger partial charge in [-0.15, -0.1) is 0 Å². The lowest BCUT2D eigenvalue weighted by molar-refractivity contribution is -0.384. The molecule has 0 aromatic carbocycles. The number of nitrogens with zero attached hydrogens (tertiary/aromatic N) is 4. The number of anilines is 1. The summed E-state index contributed by atoms with van der Waals surface area (Å²) >= 11 is 0. The first kappa shape index (κ1) is 12.0. The Hall–Kier alpha value is -2.44. The van der Waals surface area contributed by atoms with Gasteiger partial charge in [-0.1, -0.05) is 0 Å². The van der Waals surface area contributed by atoms with Crippen molar-refractivity contribution in [3.05, 3.63) is 46.7 Å². The second-order valence-electron chi connectivity index (χ2n) is 3.79. The van der Waals surface area contributed by atoms with E-state index in [1.807, 2.05) is 17.8 Å². The van der Waals surface area contributed by atoms with Crippen molar-refractivity contribution in [3.8, 4) is 0 Å². The lowest BCUT2D eigenvalue weighted by atomic mass is 10.3. The summed E-state index contributed by atoms with van der Waals surface area (Å²) in [5, 5.41) is 13.6. The van der Waals surface area contributed by atoms with Gasteiger partial charge in [0, 0.05) is 44.7 Å². The van der Waals surface area contributed by atoms with Crippen LogP contribution >= 0.6 is 0 Å². The van der Waals surface area contributed by atoms with E-state index in [0.29, 0.717) is 12.4 Å². The van der Waals surface area contributed by atoms with Crippen molar-refractivity contribution in [2.24, 2.45) is 7.05 Å². The summed E-state index contributed by atoms with van der Waals surface area (Å²) in [4.78, 5) is 18.4. The van der Waals surface area contributed by atoms with Gasteiger partial charge in [-0.05, 0) is 0 Å². The Kier molecular flexibility index (Phi) is 3.52. The Labute approximate surface area is 104 Å². The number of pyridine rings is 1. The molecule has 1 N–H and O–H groups in total. The maximum atomic E-state index is 10.6. The molecule has 0 aliphatic carbocycles. The smallest absolute Gasteiger partial charge is 0.274 e. The molecule has 2 heterocycles. The van der Waals surface area contributed by atoms with E-state index in [1.165, 1.54) is 18.3 Å². The Bertz CT molecular complexity index is 552. The van der Waals surface area contributed by atoms with Crippen LogP contribution in [0.1, 0.15) is 5.82 Å². The van der Waals surface area contributed by atoms with Crippen molar-refractivity contribution in [3.63, 3.8) is 0 Å². The molecule has 7 nitrogen and oxygen atoms in total. The topological polar surface area (TPSA) is 85.9 Å². The van der Waals surface area contributed by atoms with Crippen LogP contribution < -0.4 is 5.32 Å². The molecular weight excluding hydrogens is 234 g/mol. The molecule has 0 saturated heterocycles. The van der Waals surface area contributed by atoms with Gasteiger partial charge in [0.25, 0.3) is 5.69 Å². The Morgan fingerprint density at radius 1 is 1.44 bits per heavy atom. The first-order valence-corrected chi connectivity index (χ1v) is 5.47. The standard InChI is InChI=1S/C11H13N5O2/c1-15-7-6-14-11(15)3-5-13-10-8-9(16(17)18)2-4-12-10/h2,4,6-8H,3,5H2,1H3,(H,12,13). The van der Waals surface area contributed by atoms with E-state index in [-0.39, 0.29) is 5.69 Å². The highest BCUT2D eigenvalue weighted by molar-refractivity contribution is 5.44. The molecular formula is C11H13N5O2. The van der Waals surface area contributed by atoms with Crippen LogP contribution in [0, 0.1) is 10.1 Å². The van der Waals surface area contributed by atoms with Crippen LogP contribution in [0.25, 0.3) is 0 Å². The van der Waals surface area contributed by atoms with E-state index in [2.05, 4.69) is 15.3 Å². The van der Waals surface area contributed by atoms with Gasteiger partial charge in [-0.25, -0.2) is 9.97 Å². The van der Waals surface area contributed by atoms with Crippen molar-refractivity contribution in [1.82, 2.24) is 14.5 Å². The minimum atomic E-state index is -0.439. The fourth-order valence-electron chi connectivity index (χ4n) is 1.57. The number of imidazole rings is 1. The van der Waals surface area contributed by atoms with Crippen LogP contribution in [-0.2, 0) is 13.5 Å². The number of nitro groups is 1. The van der Waals surface area contributed by atoms with Gasteiger partial charge in [-0.3, -0.25) is 10.1 Å². The Balaban J connectivity index is 1.92. The highest BCUT2D eigenvalue weighted by Crippen LogP contribution is 2.13. The lowest BCUT2D eigenvalue weighted by Crippen LogP contribution is -2.09. The first-order chi connectivity index (χ1) is 8.66. The van der Waals surface area contributed by atoms with Gasteiger partial charge in [0.15, 0.2) is 0 Å². The molecule has 0 bridgehead atoms. The summed E-state index contributed by atoms with van der Waals surface area (Å²) in [5.74, 6) is 1.45. The molecule has 94 valence electrons. The van der Waals surface area contributed by atoms with Crippen LogP contribution in [0.15, 0.2) is 30.7 Å². The van der Waals surface area contributed by atoms with Crippen molar-refractivity contribution in [2.75, 3.05) is 11.9 Å². The van der Waals surface area contributed by atoms with Gasteiger partial charge < -0.3 is 9.88 Å². The number of aromatic nitrogens is 3. The third-order valence-corrected chi connectivity index (χ3v) is 2.53. The lowest BCUT2D eigenvalue weighted by Gasteiger charge is -2.05. The van der Waals surface area contributed by atoms with Crippen LogP contribution in [0.2, 0.25) is 0 Å². The van der Waals surface area contributed by atoms with Gasteiger partial charge in [0.1, 0.15) is 11.6 Å². The van der Waals surface area contributed by atoms with Gasteiger partial charge in [0.2, 0.25) is 0 Å². The summed E-state index contributed by atoms with van der Waals surface area (Å²) in [5.41, 5.74) is 0.0319. The zero-order valence-corrected chi connectivity index (χ0v) is 9.91. The summed E-state index contributed by atoms with van der Waals surface area (Å²) in [6.07, 6.45) is 5.76. The fraction of sp³-hybridized carbons (Fsp3) is 0.273. The van der Waals surface area contributed by atoms with Crippen LogP contribution in [-0.4, -0.2) is 26.0 Å². The molecule has 0 saturated carbocycles. The fourth-order valence-corrected chi connectivity index (χ4v) is 1.57. The average Bonchev–Trinajstić information content (AvgIpc) is 2.76. The summed E-state index contributed by atoms with van der Waals surface area (Å²) in [6, 6.07) is 2.78. The zero-order chi connectivity index (χ0) is 13.0. The molecule has 18 heavy (non-hydrogen) atoms. The number of hydrogen-bond acceptors (Lipinski definition) is 5. The summed E-state index contributed by atoms with van der Waals surface area (Å²) in [6.45, 7) is 0.624. The maximum absolute atomic E-state index is 10.6. The number of aryl methyl sites for hydroxylation is 1. The predicted octanol–water partition coefficient (Wildman–Crippen LogP) is 1.38. The van der Waals surface area contributed by atoms with E-state index >= 15 is 0 Å². The van der Waals surface area contributed by atoms with E-state index in [1.54, 1.807) is 6.20 Å². The second kappa shape index (κ2) is 5.26. The highest BCUT2D eigenvalue weighted by atomic mass is 16.6. The highest BCUT2D eigenvalue weighted by Gasteiger charge is 2.06. The van der Waals surface area contributed by atoms with Crippen molar-refractivity contribution in [2.45, 2.75) is 6.42 Å². The molecule has 0 atom stereocenters. The minimum absolute atomic E-state index is 0.0319. The average molecular weight is 247 g/mol. The second-order valence-corrected chi connectivity index (χ2v) is 3.79. The number of hydrogen-bond donors (Lipinski definition) is 1. The number of rotatable bonds is 5. The predicted molar refractivity (Wildman–Crippen MR) is 66.3 cm³/mol. The van der Waals surface area contributed by atoms with Gasteiger partial charge in [-0.2, -0.15) is 0 Å². The summed E-state index contributed by atoms with van der Waals surface area (Å²) < 4.78 is 1.93. The first-order valence-electron chi connectivity index (χ1n) is 5.47. The van der Waals surface area contributed by atoms with E-state index in [4.69, 9.17) is 0 Å². The molecule has 2 aromatic rings. The zero-order valence-electron chi connectivity index (χ0n) is 9.91. The largest absolute Gasteiger partial charge is 0.369 e. The van der Waals surface area contributed by atoms with Crippen LogP contribution in [0.5, 0.6) is 0 Å². The van der Waals surface area contributed by atoms with Crippen LogP contribution in [0.4, 0.5) is 11.5 Å². The molecule has 0 amide bonds. The van der Waals surface area contributed by atoms with Crippen molar-refractivity contribution < 1.29 is 4.92 Å². The van der Waals surface area contributed by atoms with Gasteiger partial charge in [0.05, 0.1) is 11.0 Å². The Morgan fingerprint density at radius 3 is 2.94 bits per heavy atom. The minimum Gasteiger partial charge on any atom is -0.369 e. The third-order valence-electron chi connectivity index (χ3n) is 2.53. The normalized spacial score (nSPS) is 10.3. The van der Waals surface area contributed by atoms with Crippen molar-refractivity contribution in [1.29, 1.82) is 0 Å². The SMILES string of the molecule is Cn1ccnc1CCNc1cc([N+](=O)[O-])ccn1. The molecule has 0 fully saturated rings. The molecule has 0 unspecified atom stereocenters. The van der Waals surface area contributed by atoms with E-state index in [9.17, 15) is 10.1 Å². The monoisotopic (exact) mass is 247 g/mol. The van der Waals surface area contributed by atoms with Crippen molar-refractivity contribution >= 4 is 11.5 Å². The van der Waals surface area contributed by atoms with E-state index < -0.39 is 4.92 Å². The molecule has 0 aliphatic rings. The number of nitrogens with one attached hydrogen (secondary N) is 1. The molecule has 2 rings (SSSR count). The molecule has 7 heteroatoms. The quantitative estimate of drug-likeness (QED) is 0.637. The maximum Gasteiger partial charge on any atom is 0.274 e. The summed E-state index contributed by atoms with van der Waals surface area (Å²) in [7, 11) is 1.92. The van der Waals surface area contributed by atoms with E-state index in [0.717, 1.165) is 12.2 Å². The molecule has 0 spiro atoms. The van der Waals surface area contributed by atoms with Crippen LogP contribution in [0.3, 0.4) is 0 Å². The molecule has 2 aromatic heterocycles. The molecule has 0 aliphatic heterocycles. The van der Waals surface area contributed by atoms with Gasteiger partial charge >= 0.3 is 0 Å².